The van der Waals surface area contributed by atoms with Crippen LogP contribution in [-0.2, 0) is 11.2 Å². The highest BCUT2D eigenvalue weighted by Crippen LogP contribution is 2.29. The van der Waals surface area contributed by atoms with E-state index in [2.05, 4.69) is 11.4 Å². The normalized spacial score (nSPS) is 11.6. The quantitative estimate of drug-likeness (QED) is 0.780. The second kappa shape index (κ2) is 9.13. The molecule has 0 bridgehead atoms. The van der Waals surface area contributed by atoms with Crippen LogP contribution >= 0.6 is 0 Å². The fourth-order valence-electron chi connectivity index (χ4n) is 2.92. The Balaban J connectivity index is 1.98. The lowest BCUT2D eigenvalue weighted by Crippen LogP contribution is -2.27. The van der Waals surface area contributed by atoms with Crippen LogP contribution in [0.1, 0.15) is 36.1 Å². The molecule has 140 valence electrons. The van der Waals surface area contributed by atoms with E-state index in [1.807, 2.05) is 44.2 Å². The number of hydrogen-bond donors (Lipinski definition) is 1. The highest BCUT2D eigenvalue weighted by Gasteiger charge is 2.15. The molecule has 26 heavy (non-hydrogen) atoms. The molecule has 0 aliphatic carbocycles. The first-order valence-corrected chi connectivity index (χ1v) is 8.63. The van der Waals surface area contributed by atoms with Crippen LogP contribution in [0.5, 0.6) is 17.2 Å². The summed E-state index contributed by atoms with van der Waals surface area (Å²) in [5, 5.41) is 3.03. The van der Waals surface area contributed by atoms with Crippen LogP contribution in [0.4, 0.5) is 0 Å². The summed E-state index contributed by atoms with van der Waals surface area (Å²) in [5.74, 6) is 2.31. The van der Waals surface area contributed by atoms with E-state index in [0.29, 0.717) is 12.8 Å². The van der Waals surface area contributed by atoms with Crippen LogP contribution in [-0.4, -0.2) is 27.2 Å². The van der Waals surface area contributed by atoms with Gasteiger partial charge >= 0.3 is 0 Å². The molecule has 0 fully saturated rings. The summed E-state index contributed by atoms with van der Waals surface area (Å²) in [6.07, 6.45) is 1.10. The minimum Gasteiger partial charge on any atom is -0.497 e. The monoisotopic (exact) mass is 357 g/mol. The number of aryl methyl sites for hydroxylation is 2. The maximum atomic E-state index is 12.4. The number of carbonyl (C=O) groups is 1. The van der Waals surface area contributed by atoms with Crippen LogP contribution in [0.3, 0.4) is 0 Å². The highest BCUT2D eigenvalue weighted by molar-refractivity contribution is 5.76. The van der Waals surface area contributed by atoms with Crippen LogP contribution in [0.15, 0.2) is 36.4 Å². The summed E-state index contributed by atoms with van der Waals surface area (Å²) < 4.78 is 15.9. The first-order chi connectivity index (χ1) is 12.5. The third-order valence-electron chi connectivity index (χ3n) is 4.38. The topological polar surface area (TPSA) is 56.8 Å². The maximum Gasteiger partial charge on any atom is 0.220 e. The van der Waals surface area contributed by atoms with Gasteiger partial charge in [0.2, 0.25) is 5.91 Å². The van der Waals surface area contributed by atoms with Crippen molar-refractivity contribution in [2.75, 3.05) is 21.3 Å². The summed E-state index contributed by atoms with van der Waals surface area (Å²) >= 11 is 0. The Bertz CT molecular complexity index is 758. The number of nitrogens with one attached hydrogen (secondary N) is 1. The first kappa shape index (κ1) is 19.6. The Morgan fingerprint density at radius 2 is 1.69 bits per heavy atom. The fourth-order valence-corrected chi connectivity index (χ4v) is 2.92. The third-order valence-corrected chi connectivity index (χ3v) is 4.38. The smallest absolute Gasteiger partial charge is 0.220 e. The average Bonchev–Trinajstić information content (AvgIpc) is 2.65. The predicted octanol–water partition coefficient (Wildman–Crippen LogP) is 3.83. The number of ether oxygens (including phenoxy) is 3. The second-order valence-corrected chi connectivity index (χ2v) is 6.20. The lowest BCUT2D eigenvalue weighted by molar-refractivity contribution is -0.121. The minimum absolute atomic E-state index is 0.00385. The molecule has 2 aromatic rings. The van der Waals surface area contributed by atoms with Crippen LogP contribution < -0.4 is 19.5 Å². The lowest BCUT2D eigenvalue weighted by atomic mass is 10.0. The molecule has 1 N–H and O–H groups in total. The minimum atomic E-state index is -0.176. The molecule has 2 rings (SSSR count). The summed E-state index contributed by atoms with van der Waals surface area (Å²) in [6.45, 7) is 3.94. The van der Waals surface area contributed by atoms with Crippen molar-refractivity contribution in [1.82, 2.24) is 5.32 Å². The summed E-state index contributed by atoms with van der Waals surface area (Å²) in [4.78, 5) is 12.4. The standard InChI is InChI=1S/C21H27NO4/c1-14-12-16(6-9-19(14)25-4)7-11-21(23)22-15(2)18-13-17(24-3)8-10-20(18)26-5/h6,8-10,12-13,15H,7,11H2,1-5H3,(H,22,23). The lowest BCUT2D eigenvalue weighted by Gasteiger charge is -2.18. The molecule has 1 atom stereocenters. The van der Waals surface area contributed by atoms with Gasteiger partial charge in [-0.1, -0.05) is 12.1 Å². The predicted molar refractivity (Wildman–Crippen MR) is 102 cm³/mol. The fraction of sp³-hybridized carbons (Fsp3) is 0.381. The van der Waals surface area contributed by atoms with E-state index in [1.54, 1.807) is 21.3 Å². The number of hydrogen-bond acceptors (Lipinski definition) is 4. The number of rotatable bonds is 8. The zero-order chi connectivity index (χ0) is 19.1. The SMILES string of the molecule is COc1ccc(OC)c(C(C)NC(=O)CCc2ccc(OC)c(C)c2)c1. The second-order valence-electron chi connectivity index (χ2n) is 6.20. The first-order valence-electron chi connectivity index (χ1n) is 8.63. The summed E-state index contributed by atoms with van der Waals surface area (Å²) in [6, 6.07) is 11.4. The van der Waals surface area contributed by atoms with E-state index in [4.69, 9.17) is 14.2 Å². The Morgan fingerprint density at radius 3 is 2.31 bits per heavy atom. The third kappa shape index (κ3) is 4.91. The van der Waals surface area contributed by atoms with Gasteiger partial charge in [-0.25, -0.2) is 0 Å². The zero-order valence-electron chi connectivity index (χ0n) is 16.1. The van der Waals surface area contributed by atoms with Gasteiger partial charge in [0.1, 0.15) is 17.2 Å². The van der Waals surface area contributed by atoms with Crippen molar-refractivity contribution in [2.45, 2.75) is 32.7 Å². The molecule has 1 unspecified atom stereocenters. The van der Waals surface area contributed by atoms with E-state index in [1.165, 1.54) is 0 Å². The molecule has 1 amide bonds. The van der Waals surface area contributed by atoms with E-state index in [0.717, 1.165) is 33.9 Å². The van der Waals surface area contributed by atoms with Crippen molar-refractivity contribution < 1.29 is 19.0 Å². The highest BCUT2D eigenvalue weighted by atomic mass is 16.5. The van der Waals surface area contributed by atoms with Gasteiger partial charge in [-0.15, -0.1) is 0 Å². The molecule has 5 nitrogen and oxygen atoms in total. The zero-order valence-corrected chi connectivity index (χ0v) is 16.1. The molecule has 0 aromatic heterocycles. The largest absolute Gasteiger partial charge is 0.497 e. The van der Waals surface area contributed by atoms with Gasteiger partial charge < -0.3 is 19.5 Å². The molecule has 0 aliphatic rings. The average molecular weight is 357 g/mol. The Kier molecular flexibility index (Phi) is 6.89. The van der Waals surface area contributed by atoms with Gasteiger partial charge in [0.15, 0.2) is 0 Å². The number of methoxy groups -OCH3 is 3. The Morgan fingerprint density at radius 1 is 1.00 bits per heavy atom. The molecule has 0 saturated carbocycles. The van der Waals surface area contributed by atoms with Crippen LogP contribution in [0, 0.1) is 6.92 Å². The number of benzene rings is 2. The van der Waals surface area contributed by atoms with E-state index < -0.39 is 0 Å². The van der Waals surface area contributed by atoms with Gasteiger partial charge in [0.05, 0.1) is 27.4 Å². The van der Waals surface area contributed by atoms with Crippen LogP contribution in [0.25, 0.3) is 0 Å². The number of carbonyl (C=O) groups excluding carboxylic acids is 1. The van der Waals surface area contributed by atoms with Gasteiger partial charge in [-0.2, -0.15) is 0 Å². The van der Waals surface area contributed by atoms with E-state index in [9.17, 15) is 4.79 Å². The summed E-state index contributed by atoms with van der Waals surface area (Å²) in [5.41, 5.74) is 3.07. The van der Waals surface area contributed by atoms with Crippen LogP contribution in [0.2, 0.25) is 0 Å². The molecular weight excluding hydrogens is 330 g/mol. The van der Waals surface area contributed by atoms with Crippen molar-refractivity contribution in [3.63, 3.8) is 0 Å². The molecule has 5 heteroatoms. The molecule has 2 aromatic carbocycles. The molecule has 0 saturated heterocycles. The Hall–Kier alpha value is -2.69. The van der Waals surface area contributed by atoms with Crippen molar-refractivity contribution in [2.24, 2.45) is 0 Å². The van der Waals surface area contributed by atoms with E-state index in [-0.39, 0.29) is 11.9 Å². The van der Waals surface area contributed by atoms with Crippen molar-refractivity contribution in [3.05, 3.63) is 53.1 Å². The van der Waals surface area contributed by atoms with Gasteiger partial charge in [0.25, 0.3) is 0 Å². The molecule has 0 aliphatic heterocycles. The molecule has 0 spiro atoms. The molecule has 0 heterocycles. The van der Waals surface area contributed by atoms with Crippen molar-refractivity contribution >= 4 is 5.91 Å². The van der Waals surface area contributed by atoms with Gasteiger partial charge in [-0.3, -0.25) is 4.79 Å². The van der Waals surface area contributed by atoms with E-state index >= 15 is 0 Å². The summed E-state index contributed by atoms with van der Waals surface area (Å²) in [7, 11) is 4.89. The maximum absolute atomic E-state index is 12.4. The van der Waals surface area contributed by atoms with Crippen molar-refractivity contribution in [3.8, 4) is 17.2 Å². The molecule has 0 radical (unpaired) electrons. The molecular formula is C21H27NO4. The van der Waals surface area contributed by atoms with Gasteiger partial charge in [-0.05, 0) is 55.7 Å². The number of amides is 1. The van der Waals surface area contributed by atoms with Gasteiger partial charge in [0, 0.05) is 12.0 Å². The Labute approximate surface area is 155 Å². The van der Waals surface area contributed by atoms with Crippen molar-refractivity contribution in [1.29, 1.82) is 0 Å².